The van der Waals surface area contributed by atoms with Gasteiger partial charge in [0.25, 0.3) is 11.7 Å². The van der Waals surface area contributed by atoms with Crippen molar-refractivity contribution in [2.24, 2.45) is 5.92 Å². The fourth-order valence-electron chi connectivity index (χ4n) is 3.98. The molecule has 176 valence electrons. The van der Waals surface area contributed by atoms with Crippen molar-refractivity contribution in [3.05, 3.63) is 92.1 Å². The summed E-state index contributed by atoms with van der Waals surface area (Å²) < 4.78 is 5.84. The molecule has 2 aromatic carbocycles. The summed E-state index contributed by atoms with van der Waals surface area (Å²) in [4.78, 5) is 28.7. The standard InChI is InChI=1S/C27H26ClNO4S/c1-16(2)15-33-22-11-8-19(13-17(22)3)25(30)23-24(18-6-9-20(28)10-7-18)29(27(32)26(23)31)14-21-5-4-12-34-21/h4-13,16,24,30H,14-15H2,1-3H3/b25-23-. The van der Waals surface area contributed by atoms with Gasteiger partial charge in [-0.3, -0.25) is 9.59 Å². The number of hydrogen-bond acceptors (Lipinski definition) is 5. The molecule has 0 radical (unpaired) electrons. The van der Waals surface area contributed by atoms with Crippen molar-refractivity contribution in [1.29, 1.82) is 0 Å². The van der Waals surface area contributed by atoms with Gasteiger partial charge in [0.2, 0.25) is 0 Å². The molecule has 2 heterocycles. The highest BCUT2D eigenvalue weighted by Gasteiger charge is 2.46. The summed E-state index contributed by atoms with van der Waals surface area (Å²) in [5, 5.41) is 13.8. The molecule has 1 saturated heterocycles. The Balaban J connectivity index is 1.78. The van der Waals surface area contributed by atoms with Crippen LogP contribution in [0.3, 0.4) is 0 Å². The summed E-state index contributed by atoms with van der Waals surface area (Å²) in [7, 11) is 0. The first-order valence-electron chi connectivity index (χ1n) is 11.1. The third kappa shape index (κ3) is 4.88. The van der Waals surface area contributed by atoms with E-state index in [9.17, 15) is 14.7 Å². The van der Waals surface area contributed by atoms with E-state index in [-0.39, 0.29) is 17.9 Å². The monoisotopic (exact) mass is 495 g/mol. The highest BCUT2D eigenvalue weighted by molar-refractivity contribution is 7.09. The lowest BCUT2D eigenvalue weighted by atomic mass is 9.95. The van der Waals surface area contributed by atoms with Crippen molar-refractivity contribution in [1.82, 2.24) is 4.90 Å². The molecule has 1 aliphatic heterocycles. The van der Waals surface area contributed by atoms with Crippen molar-refractivity contribution >= 4 is 40.4 Å². The van der Waals surface area contributed by atoms with E-state index in [2.05, 4.69) is 13.8 Å². The maximum Gasteiger partial charge on any atom is 0.295 e. The number of halogens is 1. The lowest BCUT2D eigenvalue weighted by molar-refractivity contribution is -0.140. The molecule has 1 unspecified atom stereocenters. The molecule has 1 amide bonds. The van der Waals surface area contributed by atoms with Gasteiger partial charge in [-0.15, -0.1) is 11.3 Å². The SMILES string of the molecule is Cc1cc(/C(O)=C2/C(=O)C(=O)N(Cc3cccs3)C2c2ccc(Cl)cc2)ccc1OCC(C)C. The topological polar surface area (TPSA) is 66.8 Å². The van der Waals surface area contributed by atoms with Gasteiger partial charge in [0.15, 0.2) is 0 Å². The maximum absolute atomic E-state index is 13.2. The number of thiophene rings is 1. The average molecular weight is 496 g/mol. The van der Waals surface area contributed by atoms with Crippen molar-refractivity contribution < 1.29 is 19.4 Å². The summed E-state index contributed by atoms with van der Waals surface area (Å²) in [5.41, 5.74) is 2.07. The normalized spacial score (nSPS) is 17.6. The molecule has 0 saturated carbocycles. The number of nitrogens with zero attached hydrogens (tertiary/aromatic N) is 1. The summed E-state index contributed by atoms with van der Waals surface area (Å²) in [6.45, 7) is 6.88. The number of aliphatic hydroxyl groups excluding tert-OH is 1. The zero-order chi connectivity index (χ0) is 24.4. The van der Waals surface area contributed by atoms with Crippen LogP contribution >= 0.6 is 22.9 Å². The fraction of sp³-hybridized carbons (Fsp3) is 0.259. The molecule has 1 atom stereocenters. The number of ketones is 1. The second-order valence-corrected chi connectivity index (χ2v) is 10.2. The molecule has 0 bridgehead atoms. The summed E-state index contributed by atoms with van der Waals surface area (Å²) in [6.07, 6.45) is 0. The Kier molecular flexibility index (Phi) is 7.10. The molecule has 0 aliphatic carbocycles. The Labute approximate surface area is 208 Å². The minimum Gasteiger partial charge on any atom is -0.507 e. The van der Waals surface area contributed by atoms with E-state index in [4.69, 9.17) is 16.3 Å². The predicted octanol–water partition coefficient (Wildman–Crippen LogP) is 6.37. The van der Waals surface area contributed by atoms with Crippen LogP contribution in [0.25, 0.3) is 5.76 Å². The smallest absolute Gasteiger partial charge is 0.295 e. The van der Waals surface area contributed by atoms with Crippen molar-refractivity contribution in [2.45, 2.75) is 33.4 Å². The van der Waals surface area contributed by atoms with E-state index in [0.717, 1.165) is 16.2 Å². The minimum absolute atomic E-state index is 0.0686. The van der Waals surface area contributed by atoms with Crippen LogP contribution in [0.15, 0.2) is 65.6 Å². The molecule has 3 aromatic rings. The van der Waals surface area contributed by atoms with E-state index >= 15 is 0 Å². The fourth-order valence-corrected chi connectivity index (χ4v) is 4.80. The number of carbonyl (C=O) groups excluding carboxylic acids is 2. The van der Waals surface area contributed by atoms with Crippen LogP contribution in [-0.2, 0) is 16.1 Å². The number of carbonyl (C=O) groups is 2. The first-order chi connectivity index (χ1) is 16.3. The molecule has 1 N–H and O–H groups in total. The number of ether oxygens (including phenoxy) is 1. The Morgan fingerprint density at radius 2 is 1.88 bits per heavy atom. The molecular weight excluding hydrogens is 470 g/mol. The van der Waals surface area contributed by atoms with Crippen LogP contribution in [0.5, 0.6) is 5.75 Å². The third-order valence-corrected chi connectivity index (χ3v) is 6.77. The van der Waals surface area contributed by atoms with Crippen LogP contribution in [-0.4, -0.2) is 28.3 Å². The van der Waals surface area contributed by atoms with Crippen molar-refractivity contribution in [2.75, 3.05) is 6.61 Å². The van der Waals surface area contributed by atoms with E-state index in [1.54, 1.807) is 42.5 Å². The first kappa shape index (κ1) is 24.0. The number of likely N-dealkylation sites (tertiary alicyclic amines) is 1. The largest absolute Gasteiger partial charge is 0.507 e. The Morgan fingerprint density at radius 1 is 1.15 bits per heavy atom. The van der Waals surface area contributed by atoms with Gasteiger partial charge in [-0.05, 0) is 65.7 Å². The van der Waals surface area contributed by atoms with Gasteiger partial charge < -0.3 is 14.7 Å². The second kappa shape index (κ2) is 10.0. The van der Waals surface area contributed by atoms with Gasteiger partial charge in [-0.2, -0.15) is 0 Å². The van der Waals surface area contributed by atoms with E-state index in [0.29, 0.717) is 28.7 Å². The summed E-state index contributed by atoms with van der Waals surface area (Å²) >= 11 is 7.59. The lowest BCUT2D eigenvalue weighted by Crippen LogP contribution is -2.28. The number of hydrogen-bond donors (Lipinski definition) is 1. The second-order valence-electron chi connectivity index (χ2n) is 8.74. The molecule has 1 fully saturated rings. The van der Waals surface area contributed by atoms with Gasteiger partial charge in [0, 0.05) is 15.5 Å². The molecular formula is C27H26ClNO4S. The summed E-state index contributed by atoms with van der Waals surface area (Å²) in [6, 6.07) is 15.4. The van der Waals surface area contributed by atoms with Crippen molar-refractivity contribution in [3.63, 3.8) is 0 Å². The van der Waals surface area contributed by atoms with Gasteiger partial charge in [0.1, 0.15) is 11.5 Å². The maximum atomic E-state index is 13.2. The van der Waals surface area contributed by atoms with E-state index < -0.39 is 17.7 Å². The number of rotatable bonds is 7. The van der Waals surface area contributed by atoms with Crippen LogP contribution in [0.4, 0.5) is 0 Å². The molecule has 5 nitrogen and oxygen atoms in total. The minimum atomic E-state index is -0.725. The molecule has 0 spiro atoms. The van der Waals surface area contributed by atoms with E-state index in [1.807, 2.05) is 24.4 Å². The Bertz CT molecular complexity index is 1230. The molecule has 7 heteroatoms. The predicted molar refractivity (Wildman–Crippen MR) is 135 cm³/mol. The van der Waals surface area contributed by atoms with Crippen LogP contribution < -0.4 is 4.74 Å². The number of benzene rings is 2. The van der Waals surface area contributed by atoms with Crippen LogP contribution in [0, 0.1) is 12.8 Å². The van der Waals surface area contributed by atoms with Crippen LogP contribution in [0.2, 0.25) is 5.02 Å². The summed E-state index contributed by atoms with van der Waals surface area (Å²) in [5.74, 6) is -0.440. The quantitative estimate of drug-likeness (QED) is 0.235. The van der Waals surface area contributed by atoms with Gasteiger partial charge in [0.05, 0.1) is 24.8 Å². The Hall–Kier alpha value is -3.09. The third-order valence-electron chi connectivity index (χ3n) is 5.65. The Morgan fingerprint density at radius 3 is 2.50 bits per heavy atom. The van der Waals surface area contributed by atoms with Crippen LogP contribution in [0.1, 0.15) is 41.5 Å². The number of aryl methyl sites for hydroxylation is 1. The van der Waals surface area contributed by atoms with E-state index in [1.165, 1.54) is 16.2 Å². The highest BCUT2D eigenvalue weighted by atomic mass is 35.5. The number of amides is 1. The molecule has 4 rings (SSSR count). The van der Waals surface area contributed by atoms with Gasteiger partial charge in [-0.25, -0.2) is 0 Å². The molecule has 1 aliphatic rings. The molecule has 34 heavy (non-hydrogen) atoms. The zero-order valence-corrected chi connectivity index (χ0v) is 20.8. The number of aliphatic hydroxyl groups is 1. The lowest BCUT2D eigenvalue weighted by Gasteiger charge is -2.25. The average Bonchev–Trinajstić information content (AvgIpc) is 3.41. The molecule has 1 aromatic heterocycles. The number of Topliss-reactive ketones (excluding diaryl/α,β-unsaturated/α-hetero) is 1. The highest BCUT2D eigenvalue weighted by Crippen LogP contribution is 2.41. The first-order valence-corrected chi connectivity index (χ1v) is 12.3. The van der Waals surface area contributed by atoms with Gasteiger partial charge >= 0.3 is 0 Å². The van der Waals surface area contributed by atoms with Gasteiger partial charge in [-0.1, -0.05) is 43.6 Å². The zero-order valence-electron chi connectivity index (χ0n) is 19.2. The van der Waals surface area contributed by atoms with Crippen molar-refractivity contribution in [3.8, 4) is 5.75 Å².